The van der Waals surface area contributed by atoms with E-state index >= 15 is 0 Å². The lowest BCUT2D eigenvalue weighted by Crippen LogP contribution is -2.41. The summed E-state index contributed by atoms with van der Waals surface area (Å²) in [7, 11) is 0. The van der Waals surface area contributed by atoms with Crippen molar-refractivity contribution in [2.24, 2.45) is 0 Å². The molecule has 1 aromatic heterocycles. The summed E-state index contributed by atoms with van der Waals surface area (Å²) in [6.07, 6.45) is 0. The summed E-state index contributed by atoms with van der Waals surface area (Å²) in [5.74, 6) is 1.33. The third kappa shape index (κ3) is 5.56. The van der Waals surface area contributed by atoms with Crippen molar-refractivity contribution in [2.45, 2.75) is 12.6 Å². The van der Waals surface area contributed by atoms with Crippen LogP contribution in [0.3, 0.4) is 0 Å². The van der Waals surface area contributed by atoms with Gasteiger partial charge >= 0.3 is 0 Å². The van der Waals surface area contributed by atoms with Crippen LogP contribution in [0.15, 0.2) is 59.0 Å². The predicted octanol–water partition coefficient (Wildman–Crippen LogP) is 4.26. The Kier molecular flexibility index (Phi) is 7.05. The molecule has 3 aromatic rings. The number of aromatic nitrogens is 1. The van der Waals surface area contributed by atoms with Crippen LogP contribution < -0.4 is 10.1 Å². The Morgan fingerprint density at radius 3 is 2.58 bits per heavy atom. The maximum absolute atomic E-state index is 9.48. The van der Waals surface area contributed by atoms with E-state index in [1.54, 1.807) is 24.3 Å². The summed E-state index contributed by atoms with van der Waals surface area (Å²) in [5.41, 5.74) is 1.41. The Morgan fingerprint density at radius 2 is 1.87 bits per heavy atom. The van der Waals surface area contributed by atoms with E-state index in [9.17, 15) is 5.26 Å². The van der Waals surface area contributed by atoms with Crippen molar-refractivity contribution < 1.29 is 13.9 Å². The van der Waals surface area contributed by atoms with E-state index in [0.29, 0.717) is 42.3 Å². The van der Waals surface area contributed by atoms with Crippen molar-refractivity contribution in [3.8, 4) is 11.8 Å². The summed E-state index contributed by atoms with van der Waals surface area (Å²) in [4.78, 5) is 6.62. The second kappa shape index (κ2) is 10.3. The summed E-state index contributed by atoms with van der Waals surface area (Å²) >= 11 is 5.89. The van der Waals surface area contributed by atoms with Crippen molar-refractivity contribution in [3.63, 3.8) is 0 Å². The summed E-state index contributed by atoms with van der Waals surface area (Å²) in [6.45, 7) is 3.81. The first kappa shape index (κ1) is 21.2. The first-order chi connectivity index (χ1) is 15.2. The number of ether oxygens (including phenoxy) is 2. The smallest absolute Gasteiger partial charge is 0.236 e. The number of rotatable bonds is 8. The molecule has 0 amide bonds. The molecular weight excluding hydrogens is 416 g/mol. The minimum Gasteiger partial charge on any atom is -0.484 e. The van der Waals surface area contributed by atoms with Gasteiger partial charge in [-0.1, -0.05) is 41.9 Å². The van der Waals surface area contributed by atoms with Gasteiger partial charge in [0, 0.05) is 24.7 Å². The fourth-order valence-corrected chi connectivity index (χ4v) is 3.64. The van der Waals surface area contributed by atoms with Crippen LogP contribution in [0.4, 0.5) is 5.88 Å². The van der Waals surface area contributed by atoms with Crippen molar-refractivity contribution >= 4 is 17.5 Å². The lowest BCUT2D eigenvalue weighted by molar-refractivity contribution is 0.0186. The van der Waals surface area contributed by atoms with E-state index < -0.39 is 0 Å². The van der Waals surface area contributed by atoms with Gasteiger partial charge in [-0.05, 0) is 29.8 Å². The molecule has 160 valence electrons. The molecule has 8 heteroatoms. The van der Waals surface area contributed by atoms with E-state index in [0.717, 1.165) is 13.1 Å². The standard InChI is InChI=1S/C23H23ClN4O3/c24-18-6-8-19(9-7-18)30-16-22-27-20(14-25)23(31-22)26-15-21(17-4-2-1-3-5-17)28-10-12-29-13-11-28/h1-9,21,26H,10-13,15-16H2/t21-/m1/s1. The van der Waals surface area contributed by atoms with Crippen molar-refractivity contribution in [1.29, 1.82) is 5.26 Å². The fourth-order valence-electron chi connectivity index (χ4n) is 3.51. The highest BCUT2D eigenvalue weighted by atomic mass is 35.5. The average molecular weight is 439 g/mol. The molecule has 7 nitrogen and oxygen atoms in total. The number of oxazole rings is 1. The molecule has 4 rings (SSSR count). The topological polar surface area (TPSA) is 83.5 Å². The van der Waals surface area contributed by atoms with Crippen LogP contribution in [0.2, 0.25) is 5.02 Å². The molecule has 1 aliphatic rings. The predicted molar refractivity (Wildman–Crippen MR) is 117 cm³/mol. The minimum atomic E-state index is 0.115. The van der Waals surface area contributed by atoms with Crippen molar-refractivity contribution in [3.05, 3.63) is 76.8 Å². The van der Waals surface area contributed by atoms with Gasteiger partial charge in [-0.15, -0.1) is 0 Å². The molecule has 1 fully saturated rings. The molecule has 0 unspecified atom stereocenters. The number of hydrogen-bond acceptors (Lipinski definition) is 7. The van der Waals surface area contributed by atoms with Crippen molar-refractivity contribution in [1.82, 2.24) is 9.88 Å². The molecule has 1 N–H and O–H groups in total. The molecule has 0 radical (unpaired) electrons. The Morgan fingerprint density at radius 1 is 1.13 bits per heavy atom. The summed E-state index contributed by atoms with van der Waals surface area (Å²) in [5, 5.41) is 13.4. The number of nitrogens with one attached hydrogen (secondary N) is 1. The van der Waals surface area contributed by atoms with Gasteiger partial charge in [-0.2, -0.15) is 10.2 Å². The first-order valence-corrected chi connectivity index (χ1v) is 10.5. The van der Waals surface area contributed by atoms with Crippen LogP contribution in [0.25, 0.3) is 0 Å². The van der Waals surface area contributed by atoms with Crippen LogP contribution in [0.5, 0.6) is 5.75 Å². The lowest BCUT2D eigenvalue weighted by atomic mass is 10.0. The molecule has 1 atom stereocenters. The van der Waals surface area contributed by atoms with Crippen LogP contribution in [-0.4, -0.2) is 42.7 Å². The number of hydrogen-bond donors (Lipinski definition) is 1. The third-order valence-corrected chi connectivity index (χ3v) is 5.33. The quantitative estimate of drug-likeness (QED) is 0.562. The molecule has 2 aromatic carbocycles. The molecule has 0 saturated carbocycles. The van der Waals surface area contributed by atoms with Gasteiger partial charge in [0.15, 0.2) is 6.61 Å². The second-order valence-corrected chi connectivity index (χ2v) is 7.53. The molecule has 0 spiro atoms. The first-order valence-electron chi connectivity index (χ1n) is 10.1. The zero-order valence-electron chi connectivity index (χ0n) is 17.0. The van der Waals surface area contributed by atoms with E-state index in [1.165, 1.54) is 5.56 Å². The minimum absolute atomic E-state index is 0.115. The average Bonchev–Trinajstić information content (AvgIpc) is 3.22. The largest absolute Gasteiger partial charge is 0.484 e. The maximum Gasteiger partial charge on any atom is 0.236 e. The van der Waals surface area contributed by atoms with Crippen LogP contribution in [-0.2, 0) is 11.3 Å². The SMILES string of the molecule is N#Cc1nc(COc2ccc(Cl)cc2)oc1NC[C@H](c1ccccc1)N1CCOCC1. The highest BCUT2D eigenvalue weighted by molar-refractivity contribution is 6.30. The van der Waals surface area contributed by atoms with Gasteiger partial charge in [-0.25, -0.2) is 0 Å². The van der Waals surface area contributed by atoms with Gasteiger partial charge in [-0.3, -0.25) is 4.90 Å². The van der Waals surface area contributed by atoms with E-state index in [4.69, 9.17) is 25.5 Å². The van der Waals surface area contributed by atoms with Crippen LogP contribution in [0, 0.1) is 11.3 Å². The van der Waals surface area contributed by atoms with E-state index in [-0.39, 0.29) is 18.3 Å². The van der Waals surface area contributed by atoms with Crippen LogP contribution in [0.1, 0.15) is 23.2 Å². The Bertz CT molecular complexity index is 1010. The number of benzene rings is 2. The Hall–Kier alpha value is -3.05. The summed E-state index contributed by atoms with van der Waals surface area (Å²) < 4.78 is 17.0. The molecule has 1 aliphatic heterocycles. The molecule has 0 bridgehead atoms. The number of nitrogens with zero attached hydrogens (tertiary/aromatic N) is 3. The number of morpholine rings is 1. The monoisotopic (exact) mass is 438 g/mol. The van der Waals surface area contributed by atoms with Gasteiger partial charge in [0.05, 0.1) is 19.3 Å². The van der Waals surface area contributed by atoms with E-state index in [2.05, 4.69) is 33.4 Å². The highest BCUT2D eigenvalue weighted by Crippen LogP contribution is 2.25. The zero-order chi connectivity index (χ0) is 21.5. The third-order valence-electron chi connectivity index (χ3n) is 5.08. The number of nitriles is 1. The number of halogens is 1. The lowest BCUT2D eigenvalue weighted by Gasteiger charge is -2.34. The van der Waals surface area contributed by atoms with Crippen molar-refractivity contribution in [2.75, 3.05) is 38.2 Å². The Balaban J connectivity index is 1.44. The fraction of sp³-hybridized carbons (Fsp3) is 0.304. The second-order valence-electron chi connectivity index (χ2n) is 7.10. The van der Waals surface area contributed by atoms with Crippen LogP contribution >= 0.6 is 11.6 Å². The molecule has 31 heavy (non-hydrogen) atoms. The van der Waals surface area contributed by atoms with Gasteiger partial charge in [0.2, 0.25) is 17.5 Å². The van der Waals surface area contributed by atoms with Gasteiger partial charge in [0.25, 0.3) is 0 Å². The maximum atomic E-state index is 9.48. The molecular formula is C23H23ClN4O3. The summed E-state index contributed by atoms with van der Waals surface area (Å²) in [6, 6.07) is 19.5. The van der Waals surface area contributed by atoms with Gasteiger partial charge < -0.3 is 19.2 Å². The Labute approximate surface area is 186 Å². The zero-order valence-corrected chi connectivity index (χ0v) is 17.7. The van der Waals surface area contributed by atoms with Gasteiger partial charge in [0.1, 0.15) is 11.8 Å². The highest BCUT2D eigenvalue weighted by Gasteiger charge is 2.24. The number of anilines is 1. The molecule has 2 heterocycles. The molecule has 1 saturated heterocycles. The van der Waals surface area contributed by atoms with E-state index in [1.807, 2.05) is 18.2 Å². The normalized spacial score (nSPS) is 15.2. The molecule has 0 aliphatic carbocycles.